The van der Waals surface area contributed by atoms with Crippen LogP contribution in [0.1, 0.15) is 17.9 Å². The van der Waals surface area contributed by atoms with E-state index in [1.807, 2.05) is 17.0 Å². The van der Waals surface area contributed by atoms with Gasteiger partial charge in [-0.1, -0.05) is 36.4 Å². The molecule has 1 amide bonds. The van der Waals surface area contributed by atoms with Crippen LogP contribution in [0.3, 0.4) is 0 Å². The molecule has 2 aliphatic rings. The number of carbonyl (C=O) groups is 1. The van der Waals surface area contributed by atoms with Crippen LogP contribution in [0, 0.1) is 0 Å². The van der Waals surface area contributed by atoms with Gasteiger partial charge in [-0.2, -0.15) is 0 Å². The Morgan fingerprint density at radius 2 is 1.47 bits per heavy atom. The Morgan fingerprint density at radius 3 is 2.00 bits per heavy atom. The van der Waals surface area contributed by atoms with E-state index >= 15 is 0 Å². The molecule has 4 rings (SSSR count). The number of sulfone groups is 1. The molecule has 0 bridgehead atoms. The van der Waals surface area contributed by atoms with Crippen molar-refractivity contribution in [3.05, 3.63) is 54.1 Å². The molecule has 0 spiro atoms. The van der Waals surface area contributed by atoms with E-state index in [4.69, 9.17) is 0 Å². The zero-order chi connectivity index (χ0) is 21.3. The highest BCUT2D eigenvalue weighted by Gasteiger charge is 2.38. The molecule has 1 N–H and O–H groups in total. The number of hydrogen-bond acceptors (Lipinski definition) is 5. The predicted molar refractivity (Wildman–Crippen MR) is 133 cm³/mol. The third kappa shape index (κ3) is 6.45. The summed E-state index contributed by atoms with van der Waals surface area (Å²) in [6.07, 6.45) is 2.27. The highest BCUT2D eigenvalue weighted by molar-refractivity contribution is 7.90. The molecule has 1 saturated heterocycles. The van der Waals surface area contributed by atoms with Gasteiger partial charge in [0.2, 0.25) is 5.91 Å². The maximum Gasteiger partial charge on any atom is 0.236 e. The van der Waals surface area contributed by atoms with Crippen LogP contribution in [0.15, 0.2) is 53.4 Å². The topological polar surface area (TPSA) is 69.7 Å². The molecule has 176 valence electrons. The van der Waals surface area contributed by atoms with Crippen LogP contribution in [0.5, 0.6) is 0 Å². The highest BCUT2D eigenvalue weighted by Crippen LogP contribution is 2.41. The zero-order valence-electron chi connectivity index (χ0n) is 18.4. The summed E-state index contributed by atoms with van der Waals surface area (Å²) in [5.41, 5.74) is 3.34. The molecular formula is C23H31Cl2N3O3S. The second-order valence-corrected chi connectivity index (χ2v) is 10.4. The van der Waals surface area contributed by atoms with E-state index in [0.29, 0.717) is 23.4 Å². The second-order valence-electron chi connectivity index (χ2n) is 8.43. The minimum atomic E-state index is -3.18. The lowest BCUT2D eigenvalue weighted by molar-refractivity contribution is -0.131. The Morgan fingerprint density at radius 1 is 0.938 bits per heavy atom. The van der Waals surface area contributed by atoms with Crippen LogP contribution in [0.4, 0.5) is 0 Å². The first kappa shape index (κ1) is 26.6. The fourth-order valence-corrected chi connectivity index (χ4v) is 4.62. The summed E-state index contributed by atoms with van der Waals surface area (Å²) < 4.78 is 23.2. The van der Waals surface area contributed by atoms with Crippen molar-refractivity contribution in [1.29, 1.82) is 0 Å². The number of piperazine rings is 1. The first-order chi connectivity index (χ1) is 14.3. The molecule has 2 fully saturated rings. The lowest BCUT2D eigenvalue weighted by Gasteiger charge is -2.32. The smallest absolute Gasteiger partial charge is 0.236 e. The molecule has 1 aliphatic heterocycles. The summed E-state index contributed by atoms with van der Waals surface area (Å²) >= 11 is 0. The standard InChI is InChI=1S/C23H29N3O3S.2ClH/c1-25-11-13-26(14-12-25)23(27)16-24-22-15-21(22)19-5-3-17(4-6-19)18-7-9-20(10-8-18)30(2,28)29;;/h3-10,21-22,24H,11-16H2,1-2H3;2*1H. The van der Waals surface area contributed by atoms with Crippen molar-refractivity contribution in [1.82, 2.24) is 15.1 Å². The highest BCUT2D eigenvalue weighted by atomic mass is 35.5. The second kappa shape index (κ2) is 11.0. The average molecular weight is 500 g/mol. The number of nitrogens with zero attached hydrogens (tertiary/aromatic N) is 2. The van der Waals surface area contributed by atoms with E-state index in [1.165, 1.54) is 11.8 Å². The van der Waals surface area contributed by atoms with E-state index < -0.39 is 9.84 Å². The van der Waals surface area contributed by atoms with Crippen LogP contribution in [-0.2, 0) is 14.6 Å². The van der Waals surface area contributed by atoms with E-state index in [9.17, 15) is 13.2 Å². The maximum atomic E-state index is 12.4. The Labute approximate surface area is 203 Å². The average Bonchev–Trinajstić information content (AvgIpc) is 3.52. The third-order valence-electron chi connectivity index (χ3n) is 6.12. The van der Waals surface area contributed by atoms with Crippen molar-refractivity contribution in [3.63, 3.8) is 0 Å². The Kier molecular flexibility index (Phi) is 9.14. The Hall–Kier alpha value is -1.64. The lowest BCUT2D eigenvalue weighted by atomic mass is 10.0. The monoisotopic (exact) mass is 499 g/mol. The Bertz CT molecular complexity index is 1010. The van der Waals surface area contributed by atoms with Crippen molar-refractivity contribution in [2.45, 2.75) is 23.3 Å². The molecule has 6 nitrogen and oxygen atoms in total. The molecule has 2 unspecified atom stereocenters. The SMILES string of the molecule is CN1CCN(C(=O)CNC2CC2c2ccc(-c3ccc(S(C)(=O)=O)cc3)cc2)CC1.Cl.Cl. The van der Waals surface area contributed by atoms with Gasteiger partial charge in [0.05, 0.1) is 11.4 Å². The van der Waals surface area contributed by atoms with Gasteiger partial charge in [-0.25, -0.2) is 8.42 Å². The van der Waals surface area contributed by atoms with Crippen LogP contribution < -0.4 is 5.32 Å². The number of halogens is 2. The van der Waals surface area contributed by atoms with Gasteiger partial charge < -0.3 is 15.1 Å². The first-order valence-corrected chi connectivity index (χ1v) is 12.3. The van der Waals surface area contributed by atoms with E-state index in [2.05, 4.69) is 41.5 Å². The summed E-state index contributed by atoms with van der Waals surface area (Å²) in [4.78, 5) is 16.9. The normalized spacial score (nSPS) is 20.8. The number of carbonyl (C=O) groups excluding carboxylic acids is 1. The molecule has 1 heterocycles. The van der Waals surface area contributed by atoms with Crippen molar-refractivity contribution in [2.24, 2.45) is 0 Å². The lowest BCUT2D eigenvalue weighted by Crippen LogP contribution is -2.49. The summed E-state index contributed by atoms with van der Waals surface area (Å²) in [5, 5.41) is 3.42. The minimum absolute atomic E-state index is 0. The zero-order valence-corrected chi connectivity index (χ0v) is 20.8. The summed E-state index contributed by atoms with van der Waals surface area (Å²) in [6.45, 7) is 3.94. The molecule has 2 atom stereocenters. The summed E-state index contributed by atoms with van der Waals surface area (Å²) in [5.74, 6) is 0.647. The van der Waals surface area contributed by atoms with Gasteiger partial charge >= 0.3 is 0 Å². The molecule has 2 aromatic rings. The molecule has 1 saturated carbocycles. The maximum absolute atomic E-state index is 12.4. The largest absolute Gasteiger partial charge is 0.339 e. The minimum Gasteiger partial charge on any atom is -0.339 e. The fourth-order valence-electron chi connectivity index (χ4n) is 3.99. The van der Waals surface area contributed by atoms with Gasteiger partial charge in [0, 0.05) is 44.4 Å². The van der Waals surface area contributed by atoms with Crippen molar-refractivity contribution >= 4 is 40.6 Å². The Balaban J connectivity index is 0.00000181. The molecule has 32 heavy (non-hydrogen) atoms. The van der Waals surface area contributed by atoms with Gasteiger partial charge in [0.15, 0.2) is 9.84 Å². The number of hydrogen-bond donors (Lipinski definition) is 1. The number of likely N-dealkylation sites (N-methyl/N-ethyl adjacent to an activating group) is 1. The molecule has 9 heteroatoms. The molecule has 0 aromatic heterocycles. The van der Waals surface area contributed by atoms with Gasteiger partial charge in [-0.05, 0) is 42.3 Å². The van der Waals surface area contributed by atoms with Crippen molar-refractivity contribution in [3.8, 4) is 11.1 Å². The van der Waals surface area contributed by atoms with Crippen molar-refractivity contribution < 1.29 is 13.2 Å². The first-order valence-electron chi connectivity index (χ1n) is 10.4. The van der Waals surface area contributed by atoms with E-state index in [-0.39, 0.29) is 30.7 Å². The summed E-state index contributed by atoms with van der Waals surface area (Å²) in [6, 6.07) is 15.8. The number of benzene rings is 2. The van der Waals surface area contributed by atoms with Gasteiger partial charge in [0.1, 0.15) is 0 Å². The van der Waals surface area contributed by atoms with Gasteiger partial charge in [0.25, 0.3) is 0 Å². The number of nitrogens with one attached hydrogen (secondary N) is 1. The fraction of sp³-hybridized carbons (Fsp3) is 0.435. The predicted octanol–water partition coefficient (Wildman–Crippen LogP) is 2.82. The van der Waals surface area contributed by atoms with Crippen LogP contribution in [0.25, 0.3) is 11.1 Å². The summed E-state index contributed by atoms with van der Waals surface area (Å²) in [7, 11) is -1.09. The molecule has 1 aliphatic carbocycles. The van der Waals surface area contributed by atoms with Gasteiger partial charge in [-0.3, -0.25) is 4.79 Å². The molecule has 0 radical (unpaired) electrons. The van der Waals surface area contributed by atoms with Crippen LogP contribution in [0.2, 0.25) is 0 Å². The quantitative estimate of drug-likeness (QED) is 0.661. The molecule has 2 aromatic carbocycles. The number of rotatable bonds is 6. The molecular weight excluding hydrogens is 469 g/mol. The van der Waals surface area contributed by atoms with Crippen molar-refractivity contribution in [2.75, 3.05) is 46.0 Å². The van der Waals surface area contributed by atoms with E-state index in [1.54, 1.807) is 12.1 Å². The van der Waals surface area contributed by atoms with Gasteiger partial charge in [-0.15, -0.1) is 24.8 Å². The third-order valence-corrected chi connectivity index (χ3v) is 7.25. The van der Waals surface area contributed by atoms with E-state index in [0.717, 1.165) is 43.7 Å². The van der Waals surface area contributed by atoms with Crippen LogP contribution in [-0.4, -0.2) is 76.2 Å². The van der Waals surface area contributed by atoms with Crippen LogP contribution >= 0.6 is 24.8 Å². The number of amides is 1.